The minimum Gasteiger partial charge on any atom is -0.399 e. The Morgan fingerprint density at radius 1 is 1.06 bits per heavy atom. The third kappa shape index (κ3) is 1.22. The Bertz CT molecular complexity index is 738. The van der Waals surface area contributed by atoms with E-state index in [9.17, 15) is 0 Å². The fourth-order valence-corrected chi connectivity index (χ4v) is 2.33. The van der Waals surface area contributed by atoms with Crippen LogP contribution in [0.15, 0.2) is 43.0 Å². The lowest BCUT2D eigenvalue weighted by Crippen LogP contribution is -1.91. The van der Waals surface area contributed by atoms with Gasteiger partial charge in [-0.15, -0.1) is 0 Å². The molecule has 0 bridgehead atoms. The van der Waals surface area contributed by atoms with Crippen molar-refractivity contribution in [1.29, 1.82) is 0 Å². The molecule has 1 heterocycles. The van der Waals surface area contributed by atoms with Gasteiger partial charge in [-0.3, -0.25) is 0 Å². The number of hydrogen-bond donors (Lipinski definition) is 2. The van der Waals surface area contributed by atoms with Crippen LogP contribution in [0.1, 0.15) is 0 Å². The summed E-state index contributed by atoms with van der Waals surface area (Å²) in [5.41, 5.74) is 15.4. The molecule has 3 rings (SSSR count). The predicted molar refractivity (Wildman–Crippen MR) is 74.7 cm³/mol. The van der Waals surface area contributed by atoms with Gasteiger partial charge >= 0.3 is 0 Å². The largest absolute Gasteiger partial charge is 0.399 e. The molecule has 0 radical (unpaired) electrons. The number of anilines is 2. The molecule has 84 valence electrons. The molecule has 0 amide bonds. The average molecular weight is 223 g/mol. The Labute approximate surface area is 98.9 Å². The van der Waals surface area contributed by atoms with Crippen LogP contribution in [-0.4, -0.2) is 4.57 Å². The second-order valence-electron chi connectivity index (χ2n) is 4.07. The molecule has 0 aliphatic carbocycles. The van der Waals surface area contributed by atoms with E-state index in [4.69, 9.17) is 11.5 Å². The fourth-order valence-electron chi connectivity index (χ4n) is 2.33. The van der Waals surface area contributed by atoms with Crippen molar-refractivity contribution in [3.63, 3.8) is 0 Å². The highest BCUT2D eigenvalue weighted by Gasteiger charge is 2.10. The highest BCUT2D eigenvalue weighted by atomic mass is 15.0. The lowest BCUT2D eigenvalue weighted by Gasteiger charge is -2.02. The van der Waals surface area contributed by atoms with Crippen LogP contribution in [0.25, 0.3) is 28.0 Å². The second-order valence-corrected chi connectivity index (χ2v) is 4.07. The number of nitrogens with zero attached hydrogens (tertiary/aromatic N) is 1. The van der Waals surface area contributed by atoms with Crippen LogP contribution in [0.4, 0.5) is 11.4 Å². The first-order chi connectivity index (χ1) is 8.22. The Morgan fingerprint density at radius 3 is 2.65 bits per heavy atom. The first-order valence-corrected chi connectivity index (χ1v) is 5.42. The zero-order chi connectivity index (χ0) is 12.0. The van der Waals surface area contributed by atoms with E-state index in [1.54, 1.807) is 6.20 Å². The SMILES string of the molecule is C=Cn1c2cc(N)ccc2c2cccc(N)c21. The molecule has 0 fully saturated rings. The second kappa shape index (κ2) is 3.28. The number of para-hydroxylation sites is 1. The highest BCUT2D eigenvalue weighted by Crippen LogP contribution is 2.33. The summed E-state index contributed by atoms with van der Waals surface area (Å²) >= 11 is 0. The molecule has 0 saturated carbocycles. The zero-order valence-corrected chi connectivity index (χ0v) is 9.35. The van der Waals surface area contributed by atoms with Crippen LogP contribution in [0, 0.1) is 0 Å². The van der Waals surface area contributed by atoms with Crippen LogP contribution in [0.5, 0.6) is 0 Å². The van der Waals surface area contributed by atoms with E-state index < -0.39 is 0 Å². The molecule has 0 atom stereocenters. The van der Waals surface area contributed by atoms with Gasteiger partial charge in [-0.25, -0.2) is 0 Å². The lowest BCUT2D eigenvalue weighted by atomic mass is 10.1. The lowest BCUT2D eigenvalue weighted by molar-refractivity contribution is 1.30. The molecule has 0 spiro atoms. The minimum absolute atomic E-state index is 0.738. The number of benzene rings is 2. The van der Waals surface area contributed by atoms with E-state index in [1.165, 1.54) is 0 Å². The Balaban J connectivity index is 2.66. The number of nitrogens with two attached hydrogens (primary N) is 2. The van der Waals surface area contributed by atoms with E-state index in [1.807, 2.05) is 34.9 Å². The molecule has 0 aliphatic rings. The number of nitrogen functional groups attached to an aromatic ring is 2. The van der Waals surface area contributed by atoms with Gasteiger partial charge in [-0.1, -0.05) is 24.8 Å². The molecule has 4 N–H and O–H groups in total. The summed E-state index contributed by atoms with van der Waals surface area (Å²) in [6, 6.07) is 11.8. The van der Waals surface area contributed by atoms with E-state index in [-0.39, 0.29) is 0 Å². The normalized spacial score (nSPS) is 11.1. The van der Waals surface area contributed by atoms with Crippen molar-refractivity contribution in [2.75, 3.05) is 11.5 Å². The fraction of sp³-hybridized carbons (Fsp3) is 0. The molecule has 0 saturated heterocycles. The first kappa shape index (κ1) is 9.78. The van der Waals surface area contributed by atoms with Crippen molar-refractivity contribution in [2.24, 2.45) is 0 Å². The smallest absolute Gasteiger partial charge is 0.0765 e. The molecular formula is C14H13N3. The van der Waals surface area contributed by atoms with Crippen molar-refractivity contribution < 1.29 is 0 Å². The van der Waals surface area contributed by atoms with E-state index in [0.29, 0.717) is 0 Å². The van der Waals surface area contributed by atoms with Gasteiger partial charge < -0.3 is 16.0 Å². The highest BCUT2D eigenvalue weighted by molar-refractivity contribution is 6.13. The van der Waals surface area contributed by atoms with Gasteiger partial charge in [0.05, 0.1) is 16.7 Å². The number of aromatic nitrogens is 1. The van der Waals surface area contributed by atoms with Gasteiger partial charge in [-0.05, 0) is 18.2 Å². The van der Waals surface area contributed by atoms with Crippen LogP contribution in [0.2, 0.25) is 0 Å². The summed E-state index contributed by atoms with van der Waals surface area (Å²) in [6.07, 6.45) is 1.76. The van der Waals surface area contributed by atoms with E-state index >= 15 is 0 Å². The van der Waals surface area contributed by atoms with Gasteiger partial charge in [0.1, 0.15) is 0 Å². The maximum absolute atomic E-state index is 6.03. The number of hydrogen-bond acceptors (Lipinski definition) is 2. The summed E-state index contributed by atoms with van der Waals surface area (Å²) in [7, 11) is 0. The molecule has 2 aromatic carbocycles. The van der Waals surface area contributed by atoms with E-state index in [0.717, 1.165) is 33.2 Å². The molecule has 3 heteroatoms. The van der Waals surface area contributed by atoms with Crippen LogP contribution in [0.3, 0.4) is 0 Å². The maximum Gasteiger partial charge on any atom is 0.0765 e. The zero-order valence-electron chi connectivity index (χ0n) is 9.35. The van der Waals surface area contributed by atoms with Crippen LogP contribution < -0.4 is 11.5 Å². The Kier molecular flexibility index (Phi) is 1.89. The topological polar surface area (TPSA) is 57.0 Å². The summed E-state index contributed by atoms with van der Waals surface area (Å²) in [5, 5.41) is 2.27. The average Bonchev–Trinajstić information content (AvgIpc) is 2.63. The van der Waals surface area contributed by atoms with Gasteiger partial charge in [0.2, 0.25) is 0 Å². The van der Waals surface area contributed by atoms with Crippen molar-refractivity contribution in [3.05, 3.63) is 43.0 Å². The van der Waals surface area contributed by atoms with Crippen molar-refractivity contribution in [1.82, 2.24) is 4.57 Å². The standard InChI is InChI=1S/C14H13N3/c1-2-17-13-8-9(15)6-7-10(13)11-4-3-5-12(16)14(11)17/h2-8H,1,15-16H2. The first-order valence-electron chi connectivity index (χ1n) is 5.42. The van der Waals surface area contributed by atoms with Gasteiger partial charge in [0.15, 0.2) is 0 Å². The molecular weight excluding hydrogens is 210 g/mol. The molecule has 1 aromatic heterocycles. The quantitative estimate of drug-likeness (QED) is 0.623. The molecule has 0 unspecified atom stereocenters. The van der Waals surface area contributed by atoms with Gasteiger partial charge in [-0.2, -0.15) is 0 Å². The van der Waals surface area contributed by atoms with E-state index in [2.05, 4.69) is 12.6 Å². The number of rotatable bonds is 1. The van der Waals surface area contributed by atoms with Crippen molar-refractivity contribution >= 4 is 39.4 Å². The van der Waals surface area contributed by atoms with Gasteiger partial charge in [0.25, 0.3) is 0 Å². The van der Waals surface area contributed by atoms with Crippen molar-refractivity contribution in [2.45, 2.75) is 0 Å². The number of fused-ring (bicyclic) bond motifs is 3. The third-order valence-corrected chi connectivity index (χ3v) is 3.06. The molecule has 17 heavy (non-hydrogen) atoms. The predicted octanol–water partition coefficient (Wildman–Crippen LogP) is 3.06. The summed E-state index contributed by atoms with van der Waals surface area (Å²) < 4.78 is 1.98. The molecule has 3 nitrogen and oxygen atoms in total. The van der Waals surface area contributed by atoms with Crippen molar-refractivity contribution in [3.8, 4) is 0 Å². The summed E-state index contributed by atoms with van der Waals surface area (Å²) in [4.78, 5) is 0. The van der Waals surface area contributed by atoms with Gasteiger partial charge in [0, 0.05) is 22.7 Å². The monoisotopic (exact) mass is 223 g/mol. The third-order valence-electron chi connectivity index (χ3n) is 3.06. The maximum atomic E-state index is 6.03. The van der Waals surface area contributed by atoms with Crippen LogP contribution in [-0.2, 0) is 0 Å². The summed E-state index contributed by atoms with van der Waals surface area (Å²) in [5.74, 6) is 0. The Morgan fingerprint density at radius 2 is 1.88 bits per heavy atom. The van der Waals surface area contributed by atoms with Crippen LogP contribution >= 0.6 is 0 Å². The Hall–Kier alpha value is -2.42. The molecule has 0 aliphatic heterocycles. The summed E-state index contributed by atoms with van der Waals surface area (Å²) in [6.45, 7) is 3.84. The molecule has 3 aromatic rings. The minimum atomic E-state index is 0.738.